The third kappa shape index (κ3) is 2.70. The molecule has 0 aliphatic heterocycles. The van der Waals surface area contributed by atoms with Crippen LogP contribution in [0, 0.1) is 3.70 Å². The predicted octanol–water partition coefficient (Wildman–Crippen LogP) is 4.31. The van der Waals surface area contributed by atoms with Crippen LogP contribution in [0.1, 0.15) is 11.1 Å². The Morgan fingerprint density at radius 1 is 0.950 bits per heavy atom. The van der Waals surface area contributed by atoms with Crippen molar-refractivity contribution in [3.63, 3.8) is 0 Å². The fourth-order valence-corrected chi connectivity index (χ4v) is 2.48. The fourth-order valence-electron chi connectivity index (χ4n) is 1.85. The minimum atomic E-state index is -5.06. The average Bonchev–Trinajstić information content (AvgIpc) is 2.30. The Bertz CT molecular complexity index is 674. The molecule has 0 N–H and O–H groups in total. The molecule has 1 heterocycles. The van der Waals surface area contributed by atoms with Crippen LogP contribution in [0.4, 0.5) is 26.3 Å². The number of hydrogen-bond acceptors (Lipinski definition) is 0. The summed E-state index contributed by atoms with van der Waals surface area (Å²) in [6.45, 7) is 0. The lowest BCUT2D eigenvalue weighted by atomic mass is 10.0. The maximum atomic E-state index is 12.8. The molecule has 1 aromatic heterocycles. The predicted molar refractivity (Wildman–Crippen MR) is 67.8 cm³/mol. The summed E-state index contributed by atoms with van der Waals surface area (Å²) in [7, 11) is 1.60. The summed E-state index contributed by atoms with van der Waals surface area (Å²) in [5, 5.41) is 0.253. The lowest BCUT2D eigenvalue weighted by molar-refractivity contribution is -0.682. The molecule has 0 aliphatic carbocycles. The van der Waals surface area contributed by atoms with E-state index in [4.69, 9.17) is 0 Å². The number of benzene rings is 1. The summed E-state index contributed by atoms with van der Waals surface area (Å²) in [6.07, 6.45) is -8.61. The molecule has 8 heteroatoms. The van der Waals surface area contributed by atoms with E-state index in [1.165, 1.54) is 16.8 Å². The highest BCUT2D eigenvalue weighted by Crippen LogP contribution is 2.42. The van der Waals surface area contributed by atoms with Crippen molar-refractivity contribution in [1.29, 1.82) is 0 Å². The molecule has 1 aromatic carbocycles. The third-order valence-electron chi connectivity index (χ3n) is 2.81. The molecular formula is C12H7F6IN+. The minimum Gasteiger partial charge on any atom is -0.196 e. The lowest BCUT2D eigenvalue weighted by Crippen LogP contribution is -2.31. The summed E-state index contributed by atoms with van der Waals surface area (Å²) >= 11 is 1.79. The van der Waals surface area contributed by atoms with Gasteiger partial charge in [-0.2, -0.15) is 30.9 Å². The Balaban J connectivity index is 2.90. The molecule has 0 saturated carbocycles. The number of alkyl halides is 6. The van der Waals surface area contributed by atoms with Gasteiger partial charge in [-0.1, -0.05) is 0 Å². The average molecular weight is 406 g/mol. The first kappa shape index (κ1) is 15.3. The van der Waals surface area contributed by atoms with Crippen LogP contribution in [0.5, 0.6) is 0 Å². The summed E-state index contributed by atoms with van der Waals surface area (Å²) in [5.41, 5.74) is -3.33. The van der Waals surface area contributed by atoms with E-state index in [0.29, 0.717) is 15.8 Å². The number of pyridine rings is 1. The van der Waals surface area contributed by atoms with Gasteiger partial charge in [0.1, 0.15) is 7.05 Å². The van der Waals surface area contributed by atoms with E-state index in [0.717, 1.165) is 0 Å². The Morgan fingerprint density at radius 3 is 1.95 bits per heavy atom. The maximum Gasteiger partial charge on any atom is 0.417 e. The molecule has 0 radical (unpaired) electrons. The second kappa shape index (κ2) is 4.74. The Morgan fingerprint density at radius 2 is 1.45 bits per heavy atom. The van der Waals surface area contributed by atoms with Gasteiger partial charge < -0.3 is 0 Å². The van der Waals surface area contributed by atoms with Crippen LogP contribution >= 0.6 is 22.6 Å². The quantitative estimate of drug-likeness (QED) is 0.266. The zero-order chi connectivity index (χ0) is 15.3. The maximum absolute atomic E-state index is 12.8. The molecule has 0 amide bonds. The summed E-state index contributed by atoms with van der Waals surface area (Å²) < 4.78 is 78.8. The number of hydrogen-bond donors (Lipinski definition) is 0. The Labute approximate surface area is 123 Å². The van der Waals surface area contributed by atoms with Crippen LogP contribution in [0.15, 0.2) is 24.4 Å². The molecule has 0 fully saturated rings. The summed E-state index contributed by atoms with van der Waals surface area (Å²) in [4.78, 5) is 0. The van der Waals surface area contributed by atoms with E-state index < -0.39 is 23.5 Å². The number of aromatic nitrogens is 1. The molecule has 2 aromatic rings. The first-order valence-corrected chi connectivity index (χ1v) is 6.36. The monoisotopic (exact) mass is 406 g/mol. The Hall–Kier alpha value is -1.06. The SMILES string of the molecule is C[n+]1ccc2cc(C(F)(F)F)c(C(F)(F)F)cc2c1I. The van der Waals surface area contributed by atoms with Crippen molar-refractivity contribution < 1.29 is 30.9 Å². The van der Waals surface area contributed by atoms with E-state index in [2.05, 4.69) is 0 Å². The topological polar surface area (TPSA) is 3.88 Å². The van der Waals surface area contributed by atoms with Crippen LogP contribution in [-0.4, -0.2) is 0 Å². The normalized spacial score (nSPS) is 13.0. The summed E-state index contributed by atoms with van der Waals surface area (Å²) in [5.74, 6) is 0. The van der Waals surface area contributed by atoms with Crippen LogP contribution in [-0.2, 0) is 19.4 Å². The molecule has 0 spiro atoms. The van der Waals surface area contributed by atoms with E-state index >= 15 is 0 Å². The van der Waals surface area contributed by atoms with Gasteiger partial charge in [0.25, 0.3) is 0 Å². The summed E-state index contributed by atoms with van der Waals surface area (Å²) in [6, 6.07) is 2.45. The van der Waals surface area contributed by atoms with Gasteiger partial charge in [0.2, 0.25) is 3.70 Å². The molecule has 2 rings (SSSR count). The molecule has 0 unspecified atom stereocenters. The van der Waals surface area contributed by atoms with Crippen LogP contribution in [0.2, 0.25) is 0 Å². The molecular weight excluding hydrogens is 399 g/mol. The van der Waals surface area contributed by atoms with E-state index in [1.807, 2.05) is 0 Å². The molecule has 20 heavy (non-hydrogen) atoms. The van der Waals surface area contributed by atoms with Crippen molar-refractivity contribution in [2.24, 2.45) is 7.05 Å². The number of halogens is 7. The van der Waals surface area contributed by atoms with Crippen molar-refractivity contribution in [3.8, 4) is 0 Å². The van der Waals surface area contributed by atoms with Gasteiger partial charge in [-0.05, 0) is 17.5 Å². The molecule has 0 atom stereocenters. The number of nitrogens with zero attached hydrogens (tertiary/aromatic N) is 1. The van der Waals surface area contributed by atoms with Crippen molar-refractivity contribution in [1.82, 2.24) is 0 Å². The second-order valence-corrected chi connectivity index (χ2v) is 5.22. The van der Waals surface area contributed by atoms with Gasteiger partial charge >= 0.3 is 12.4 Å². The molecule has 0 bridgehead atoms. The first-order chi connectivity index (χ1) is 9.01. The zero-order valence-corrected chi connectivity index (χ0v) is 12.1. The van der Waals surface area contributed by atoms with Crippen LogP contribution < -0.4 is 4.57 Å². The van der Waals surface area contributed by atoms with Crippen LogP contribution in [0.25, 0.3) is 10.8 Å². The zero-order valence-electron chi connectivity index (χ0n) is 9.90. The smallest absolute Gasteiger partial charge is 0.196 e. The number of aryl methyl sites for hydroxylation is 1. The lowest BCUT2D eigenvalue weighted by Gasteiger charge is -2.16. The first-order valence-electron chi connectivity index (χ1n) is 5.28. The number of rotatable bonds is 0. The van der Waals surface area contributed by atoms with E-state index in [1.54, 1.807) is 29.6 Å². The molecule has 0 saturated heterocycles. The highest BCUT2D eigenvalue weighted by molar-refractivity contribution is 14.1. The highest BCUT2D eigenvalue weighted by atomic mass is 127. The largest absolute Gasteiger partial charge is 0.417 e. The van der Waals surface area contributed by atoms with Gasteiger partial charge in [0.05, 0.1) is 16.5 Å². The van der Waals surface area contributed by atoms with Gasteiger partial charge in [-0.25, -0.2) is 0 Å². The number of fused-ring (bicyclic) bond motifs is 1. The molecule has 0 aliphatic rings. The van der Waals surface area contributed by atoms with Crippen LogP contribution in [0.3, 0.4) is 0 Å². The van der Waals surface area contributed by atoms with Gasteiger partial charge in [-0.3, -0.25) is 0 Å². The standard InChI is InChI=1S/C12H7F6IN/c1-20-3-2-6-4-8(11(13,14)15)9(12(16,17)18)5-7(6)10(20)19/h2-5H,1H3/q+1. The van der Waals surface area contributed by atoms with Gasteiger partial charge in [0.15, 0.2) is 6.20 Å². The van der Waals surface area contributed by atoms with Crippen molar-refractivity contribution in [2.45, 2.75) is 12.4 Å². The van der Waals surface area contributed by atoms with E-state index in [9.17, 15) is 26.3 Å². The minimum absolute atomic E-state index is 0.118. The van der Waals surface area contributed by atoms with Gasteiger partial charge in [0, 0.05) is 28.7 Å². The fraction of sp³-hybridized carbons (Fsp3) is 0.250. The van der Waals surface area contributed by atoms with Gasteiger partial charge in [-0.15, -0.1) is 0 Å². The molecule has 1 nitrogen and oxygen atoms in total. The van der Waals surface area contributed by atoms with Crippen molar-refractivity contribution in [2.75, 3.05) is 0 Å². The molecule has 108 valence electrons. The van der Waals surface area contributed by atoms with E-state index in [-0.39, 0.29) is 10.8 Å². The van der Waals surface area contributed by atoms with Crippen molar-refractivity contribution >= 4 is 33.4 Å². The second-order valence-electron chi connectivity index (χ2n) is 4.20. The Kier molecular flexibility index (Phi) is 3.64. The third-order valence-corrected chi connectivity index (χ3v) is 4.15. The van der Waals surface area contributed by atoms with Crippen molar-refractivity contribution in [3.05, 3.63) is 39.2 Å². The highest BCUT2D eigenvalue weighted by Gasteiger charge is 2.43.